The number of nitrogens with zero attached hydrogens (tertiary/aromatic N) is 1. The molecule has 5 heteroatoms. The molecule has 0 aromatic carbocycles. The summed E-state index contributed by atoms with van der Waals surface area (Å²) in [6, 6.07) is -0.630. The second kappa shape index (κ2) is 6.18. The highest BCUT2D eigenvalue weighted by Gasteiger charge is 2.33. The van der Waals surface area contributed by atoms with Gasteiger partial charge in [-0.3, -0.25) is 4.79 Å². The van der Waals surface area contributed by atoms with Crippen molar-refractivity contribution in [1.29, 1.82) is 0 Å². The minimum absolute atomic E-state index is 0.0115. The zero-order valence-electron chi connectivity index (χ0n) is 10.6. The van der Waals surface area contributed by atoms with Crippen LogP contribution in [-0.4, -0.2) is 47.2 Å². The fourth-order valence-corrected chi connectivity index (χ4v) is 2.77. The number of ether oxygens (including phenoxy) is 1. The van der Waals surface area contributed by atoms with Crippen LogP contribution in [0.5, 0.6) is 0 Å². The first-order valence-corrected chi connectivity index (χ1v) is 6.82. The number of rotatable bonds is 3. The zero-order valence-corrected chi connectivity index (χ0v) is 10.6. The van der Waals surface area contributed by atoms with Crippen LogP contribution in [0.2, 0.25) is 0 Å². The summed E-state index contributed by atoms with van der Waals surface area (Å²) in [5, 5.41) is 9.14. The third-order valence-corrected chi connectivity index (χ3v) is 3.78. The molecule has 0 saturated carbocycles. The van der Waals surface area contributed by atoms with Crippen LogP contribution in [0, 0.1) is 0 Å². The van der Waals surface area contributed by atoms with Crippen molar-refractivity contribution in [3.8, 4) is 0 Å². The molecule has 1 amide bonds. The Hall–Kier alpha value is -1.10. The molecule has 2 aliphatic heterocycles. The molecule has 2 heterocycles. The summed E-state index contributed by atoms with van der Waals surface area (Å²) in [4.78, 5) is 24.8. The molecular weight excluding hydrogens is 234 g/mol. The lowest BCUT2D eigenvalue weighted by atomic mass is 10.00. The maximum Gasteiger partial charge on any atom is 0.326 e. The van der Waals surface area contributed by atoms with Crippen LogP contribution in [-0.2, 0) is 14.3 Å². The summed E-state index contributed by atoms with van der Waals surface area (Å²) < 4.78 is 5.54. The number of amides is 1. The van der Waals surface area contributed by atoms with E-state index < -0.39 is 12.0 Å². The summed E-state index contributed by atoms with van der Waals surface area (Å²) in [7, 11) is 0. The standard InChI is InChI=1S/C13H21NO4/c15-12(9-10-5-2-4-8-18-10)14-7-3-1-6-11(14)13(16)17/h10-11H,1-9H2,(H,16,17)/t10?,11-/m0/s1. The molecule has 0 radical (unpaired) electrons. The molecular formula is C13H21NO4. The van der Waals surface area contributed by atoms with Crippen LogP contribution in [0.3, 0.4) is 0 Å². The van der Waals surface area contributed by atoms with Gasteiger partial charge in [0.1, 0.15) is 6.04 Å². The van der Waals surface area contributed by atoms with E-state index in [1.807, 2.05) is 0 Å². The van der Waals surface area contributed by atoms with Crippen LogP contribution in [0.15, 0.2) is 0 Å². The Morgan fingerprint density at radius 3 is 2.61 bits per heavy atom. The number of hydrogen-bond donors (Lipinski definition) is 1. The molecule has 1 unspecified atom stereocenters. The molecule has 0 aromatic heterocycles. The first-order chi connectivity index (χ1) is 8.68. The quantitative estimate of drug-likeness (QED) is 0.828. The predicted molar refractivity (Wildman–Crippen MR) is 65.2 cm³/mol. The molecule has 0 aromatic rings. The van der Waals surface area contributed by atoms with Crippen molar-refractivity contribution >= 4 is 11.9 Å². The molecule has 2 saturated heterocycles. The van der Waals surface area contributed by atoms with Gasteiger partial charge in [0.15, 0.2) is 0 Å². The Bertz CT molecular complexity index is 312. The second-order valence-corrected chi connectivity index (χ2v) is 5.13. The van der Waals surface area contributed by atoms with Gasteiger partial charge in [-0.25, -0.2) is 4.79 Å². The van der Waals surface area contributed by atoms with Crippen molar-refractivity contribution in [2.24, 2.45) is 0 Å². The molecule has 102 valence electrons. The number of piperidine rings is 1. The molecule has 2 aliphatic rings. The Morgan fingerprint density at radius 1 is 1.17 bits per heavy atom. The van der Waals surface area contributed by atoms with Crippen LogP contribution < -0.4 is 0 Å². The molecule has 2 atom stereocenters. The SMILES string of the molecule is O=C(O)[C@@H]1CCCCN1C(=O)CC1CCCCO1. The molecule has 0 aliphatic carbocycles. The lowest BCUT2D eigenvalue weighted by molar-refractivity contribution is -0.153. The number of likely N-dealkylation sites (tertiary alicyclic amines) is 1. The summed E-state index contributed by atoms with van der Waals surface area (Å²) in [6.07, 6.45) is 5.77. The van der Waals surface area contributed by atoms with Gasteiger partial charge in [-0.2, -0.15) is 0 Å². The highest BCUT2D eigenvalue weighted by Crippen LogP contribution is 2.21. The zero-order chi connectivity index (χ0) is 13.0. The van der Waals surface area contributed by atoms with E-state index in [0.29, 0.717) is 19.4 Å². The van der Waals surface area contributed by atoms with Crippen LogP contribution >= 0.6 is 0 Å². The van der Waals surface area contributed by atoms with E-state index in [1.54, 1.807) is 0 Å². The van der Waals surface area contributed by atoms with E-state index in [-0.39, 0.29) is 12.0 Å². The summed E-state index contributed by atoms with van der Waals surface area (Å²) in [6.45, 7) is 1.29. The van der Waals surface area contributed by atoms with E-state index in [9.17, 15) is 9.59 Å². The number of carboxylic acids is 1. The molecule has 0 bridgehead atoms. The maximum atomic E-state index is 12.2. The van der Waals surface area contributed by atoms with Crippen molar-refractivity contribution in [3.63, 3.8) is 0 Å². The van der Waals surface area contributed by atoms with Crippen molar-refractivity contribution in [3.05, 3.63) is 0 Å². The fraction of sp³-hybridized carbons (Fsp3) is 0.846. The minimum Gasteiger partial charge on any atom is -0.480 e. The largest absolute Gasteiger partial charge is 0.480 e. The Balaban J connectivity index is 1.91. The fourth-order valence-electron chi connectivity index (χ4n) is 2.77. The van der Waals surface area contributed by atoms with Gasteiger partial charge in [-0.1, -0.05) is 0 Å². The van der Waals surface area contributed by atoms with Crippen LogP contribution in [0.4, 0.5) is 0 Å². The Labute approximate surface area is 107 Å². The van der Waals surface area contributed by atoms with Crippen molar-refractivity contribution in [1.82, 2.24) is 4.90 Å². The van der Waals surface area contributed by atoms with Gasteiger partial charge in [0.05, 0.1) is 12.5 Å². The predicted octanol–water partition coefficient (Wildman–Crippen LogP) is 1.41. The second-order valence-electron chi connectivity index (χ2n) is 5.13. The van der Waals surface area contributed by atoms with E-state index in [0.717, 1.165) is 38.7 Å². The highest BCUT2D eigenvalue weighted by atomic mass is 16.5. The molecule has 5 nitrogen and oxygen atoms in total. The van der Waals surface area contributed by atoms with Gasteiger partial charge < -0.3 is 14.7 Å². The lowest BCUT2D eigenvalue weighted by Crippen LogP contribution is -2.49. The van der Waals surface area contributed by atoms with E-state index in [2.05, 4.69) is 0 Å². The van der Waals surface area contributed by atoms with Crippen molar-refractivity contribution in [2.75, 3.05) is 13.2 Å². The van der Waals surface area contributed by atoms with Gasteiger partial charge in [0, 0.05) is 13.2 Å². The molecule has 1 N–H and O–H groups in total. The van der Waals surface area contributed by atoms with Gasteiger partial charge in [0.2, 0.25) is 5.91 Å². The van der Waals surface area contributed by atoms with Crippen molar-refractivity contribution < 1.29 is 19.4 Å². The van der Waals surface area contributed by atoms with E-state index in [1.165, 1.54) is 4.90 Å². The normalized spacial score (nSPS) is 29.0. The van der Waals surface area contributed by atoms with E-state index in [4.69, 9.17) is 9.84 Å². The Morgan fingerprint density at radius 2 is 1.94 bits per heavy atom. The average molecular weight is 255 g/mol. The molecule has 2 fully saturated rings. The third-order valence-electron chi connectivity index (χ3n) is 3.78. The highest BCUT2D eigenvalue weighted by molar-refractivity contribution is 5.84. The summed E-state index contributed by atoms with van der Waals surface area (Å²) >= 11 is 0. The monoisotopic (exact) mass is 255 g/mol. The first-order valence-electron chi connectivity index (χ1n) is 6.82. The van der Waals surface area contributed by atoms with Gasteiger partial charge in [0.25, 0.3) is 0 Å². The smallest absolute Gasteiger partial charge is 0.326 e. The van der Waals surface area contributed by atoms with Gasteiger partial charge in [-0.15, -0.1) is 0 Å². The maximum absolute atomic E-state index is 12.2. The van der Waals surface area contributed by atoms with Crippen LogP contribution in [0.25, 0.3) is 0 Å². The van der Waals surface area contributed by atoms with Gasteiger partial charge >= 0.3 is 5.97 Å². The number of carbonyl (C=O) groups excluding carboxylic acids is 1. The van der Waals surface area contributed by atoms with Crippen LogP contribution in [0.1, 0.15) is 44.9 Å². The van der Waals surface area contributed by atoms with Crippen molar-refractivity contribution in [2.45, 2.75) is 57.1 Å². The summed E-state index contributed by atoms with van der Waals surface area (Å²) in [5.74, 6) is -0.943. The average Bonchev–Trinajstić information content (AvgIpc) is 2.40. The number of carbonyl (C=O) groups is 2. The summed E-state index contributed by atoms with van der Waals surface area (Å²) in [5.41, 5.74) is 0. The molecule has 0 spiro atoms. The molecule has 2 rings (SSSR count). The Kier molecular flexibility index (Phi) is 4.58. The number of carboxylic acid groups (broad SMARTS) is 1. The van der Waals surface area contributed by atoms with Gasteiger partial charge in [-0.05, 0) is 38.5 Å². The minimum atomic E-state index is -0.882. The number of hydrogen-bond acceptors (Lipinski definition) is 3. The first kappa shape index (κ1) is 13.3. The topological polar surface area (TPSA) is 66.8 Å². The number of aliphatic carboxylic acids is 1. The van der Waals surface area contributed by atoms with E-state index >= 15 is 0 Å². The lowest BCUT2D eigenvalue weighted by Gasteiger charge is -2.34. The third kappa shape index (κ3) is 3.22. The molecule has 18 heavy (non-hydrogen) atoms.